The largest absolute Gasteiger partial charge is 0.359 e. The first-order chi connectivity index (χ1) is 5.66. The van der Waals surface area contributed by atoms with Gasteiger partial charge in [0.2, 0.25) is 12.3 Å². The van der Waals surface area contributed by atoms with Crippen LogP contribution in [0, 0.1) is 11.8 Å². The number of halogens is 2. The van der Waals surface area contributed by atoms with Crippen LogP contribution in [0.15, 0.2) is 0 Å². The van der Waals surface area contributed by atoms with Gasteiger partial charge >= 0.3 is 0 Å². The van der Waals surface area contributed by atoms with E-state index in [4.69, 9.17) is 0 Å². The molecule has 0 aromatic rings. The molecular formula is C8H13F2NO. The second kappa shape index (κ2) is 3.83. The summed E-state index contributed by atoms with van der Waals surface area (Å²) in [5.41, 5.74) is 0. The molecule has 0 saturated heterocycles. The van der Waals surface area contributed by atoms with Gasteiger partial charge in [0.25, 0.3) is 0 Å². The van der Waals surface area contributed by atoms with Crippen molar-refractivity contribution in [3.8, 4) is 0 Å². The van der Waals surface area contributed by atoms with Crippen LogP contribution in [0.1, 0.15) is 19.3 Å². The molecule has 1 aliphatic rings. The first kappa shape index (κ1) is 9.42. The van der Waals surface area contributed by atoms with Crippen LogP contribution in [0.25, 0.3) is 0 Å². The number of rotatable bonds is 2. The Bertz CT molecular complexity index is 172. The Morgan fingerprint density at radius 1 is 1.50 bits per heavy atom. The maximum Gasteiger partial charge on any atom is 0.242 e. The van der Waals surface area contributed by atoms with E-state index in [0.717, 1.165) is 6.42 Å². The first-order valence-corrected chi connectivity index (χ1v) is 4.16. The summed E-state index contributed by atoms with van der Waals surface area (Å²) in [6.45, 7) is 0. The van der Waals surface area contributed by atoms with Gasteiger partial charge in [-0.2, -0.15) is 0 Å². The lowest BCUT2D eigenvalue weighted by atomic mass is 9.96. The molecule has 70 valence electrons. The van der Waals surface area contributed by atoms with E-state index in [9.17, 15) is 13.6 Å². The van der Waals surface area contributed by atoms with Gasteiger partial charge in [0.05, 0.1) is 0 Å². The van der Waals surface area contributed by atoms with Crippen molar-refractivity contribution in [2.75, 3.05) is 7.05 Å². The highest BCUT2D eigenvalue weighted by Gasteiger charge is 2.37. The fourth-order valence-corrected chi connectivity index (χ4v) is 1.80. The number of carbonyl (C=O) groups excluding carboxylic acids is 1. The van der Waals surface area contributed by atoms with Crippen molar-refractivity contribution in [1.29, 1.82) is 0 Å². The van der Waals surface area contributed by atoms with Gasteiger partial charge in [-0.15, -0.1) is 0 Å². The first-order valence-electron chi connectivity index (χ1n) is 4.16. The lowest BCUT2D eigenvalue weighted by molar-refractivity contribution is -0.127. The molecule has 1 rings (SSSR count). The Kier molecular flexibility index (Phi) is 3.00. The van der Waals surface area contributed by atoms with Crippen LogP contribution < -0.4 is 5.32 Å². The van der Waals surface area contributed by atoms with Crippen molar-refractivity contribution in [3.63, 3.8) is 0 Å². The second-order valence-electron chi connectivity index (χ2n) is 3.15. The van der Waals surface area contributed by atoms with E-state index in [-0.39, 0.29) is 5.91 Å². The van der Waals surface area contributed by atoms with Crippen LogP contribution in [0.3, 0.4) is 0 Å². The second-order valence-corrected chi connectivity index (χ2v) is 3.15. The SMILES string of the molecule is CNC(=O)C1CCCC1C(F)F. The number of amides is 1. The van der Waals surface area contributed by atoms with E-state index in [0.29, 0.717) is 12.8 Å². The maximum atomic E-state index is 12.3. The molecule has 1 saturated carbocycles. The Morgan fingerprint density at radius 2 is 2.17 bits per heavy atom. The summed E-state index contributed by atoms with van der Waals surface area (Å²) in [4.78, 5) is 11.1. The van der Waals surface area contributed by atoms with Gasteiger partial charge in [0, 0.05) is 18.9 Å². The average molecular weight is 177 g/mol. The van der Waals surface area contributed by atoms with Gasteiger partial charge in [-0.1, -0.05) is 6.42 Å². The standard InChI is InChI=1S/C8H13F2NO/c1-11-8(12)6-4-2-3-5(6)7(9)10/h5-7H,2-4H2,1H3,(H,11,12). The maximum absolute atomic E-state index is 12.3. The molecule has 1 amide bonds. The van der Waals surface area contributed by atoms with Gasteiger partial charge in [-0.05, 0) is 12.8 Å². The quantitative estimate of drug-likeness (QED) is 0.679. The summed E-state index contributed by atoms with van der Waals surface area (Å²) in [5.74, 6) is -1.42. The summed E-state index contributed by atoms with van der Waals surface area (Å²) in [5, 5.41) is 2.42. The summed E-state index contributed by atoms with van der Waals surface area (Å²) in [6, 6.07) is 0. The highest BCUT2D eigenvalue weighted by atomic mass is 19.3. The molecule has 2 atom stereocenters. The lowest BCUT2D eigenvalue weighted by Crippen LogP contribution is -2.32. The summed E-state index contributed by atoms with van der Waals surface area (Å²) in [7, 11) is 1.49. The molecule has 1 aliphatic carbocycles. The van der Waals surface area contributed by atoms with Crippen LogP contribution in [0.5, 0.6) is 0 Å². The Labute approximate surface area is 70.3 Å². The van der Waals surface area contributed by atoms with Crippen molar-refractivity contribution in [2.24, 2.45) is 11.8 Å². The van der Waals surface area contributed by atoms with Crippen molar-refractivity contribution >= 4 is 5.91 Å². The van der Waals surface area contributed by atoms with Gasteiger partial charge < -0.3 is 5.32 Å². The van der Waals surface area contributed by atoms with Gasteiger partial charge in [0.1, 0.15) is 0 Å². The topological polar surface area (TPSA) is 29.1 Å². The van der Waals surface area contributed by atoms with E-state index in [1.807, 2.05) is 0 Å². The van der Waals surface area contributed by atoms with Crippen LogP contribution in [-0.4, -0.2) is 19.4 Å². The van der Waals surface area contributed by atoms with E-state index >= 15 is 0 Å². The minimum atomic E-state index is -2.35. The molecule has 2 nitrogen and oxygen atoms in total. The van der Waals surface area contributed by atoms with Gasteiger partial charge in [0.15, 0.2) is 0 Å². The number of hydrogen-bond acceptors (Lipinski definition) is 1. The zero-order chi connectivity index (χ0) is 9.14. The van der Waals surface area contributed by atoms with Gasteiger partial charge in [-0.3, -0.25) is 4.79 Å². The highest BCUT2D eigenvalue weighted by molar-refractivity contribution is 5.78. The van der Waals surface area contributed by atoms with E-state index in [2.05, 4.69) is 5.32 Å². The zero-order valence-electron chi connectivity index (χ0n) is 7.02. The predicted molar refractivity (Wildman–Crippen MR) is 40.9 cm³/mol. The van der Waals surface area contributed by atoms with E-state index < -0.39 is 18.3 Å². The molecule has 12 heavy (non-hydrogen) atoms. The van der Waals surface area contributed by atoms with Crippen molar-refractivity contribution < 1.29 is 13.6 Å². The van der Waals surface area contributed by atoms with Crippen LogP contribution >= 0.6 is 0 Å². The Balaban J connectivity index is 2.57. The molecule has 0 radical (unpaired) electrons. The highest BCUT2D eigenvalue weighted by Crippen LogP contribution is 2.35. The fourth-order valence-electron chi connectivity index (χ4n) is 1.80. The third-order valence-electron chi connectivity index (χ3n) is 2.48. The predicted octanol–water partition coefficient (Wildman–Crippen LogP) is 1.41. The molecule has 1 fully saturated rings. The monoisotopic (exact) mass is 177 g/mol. The third kappa shape index (κ3) is 1.73. The van der Waals surface area contributed by atoms with Crippen LogP contribution in [-0.2, 0) is 4.79 Å². The molecule has 0 spiro atoms. The normalized spacial score (nSPS) is 29.3. The Hall–Kier alpha value is -0.670. The molecular weight excluding hydrogens is 164 g/mol. The van der Waals surface area contributed by atoms with Crippen molar-refractivity contribution in [3.05, 3.63) is 0 Å². The molecule has 2 unspecified atom stereocenters. The molecule has 0 aliphatic heterocycles. The van der Waals surface area contributed by atoms with E-state index in [1.165, 1.54) is 7.05 Å². The molecule has 4 heteroatoms. The lowest BCUT2D eigenvalue weighted by Gasteiger charge is -2.16. The fraction of sp³-hybridized carbons (Fsp3) is 0.875. The summed E-state index contributed by atoms with van der Waals surface area (Å²) >= 11 is 0. The smallest absolute Gasteiger partial charge is 0.242 e. The Morgan fingerprint density at radius 3 is 2.67 bits per heavy atom. The summed E-state index contributed by atoms with van der Waals surface area (Å²) in [6.07, 6.45) is -0.521. The number of alkyl halides is 2. The minimum Gasteiger partial charge on any atom is -0.359 e. The molecule has 0 heterocycles. The number of carbonyl (C=O) groups is 1. The molecule has 0 aromatic heterocycles. The molecule has 0 bridgehead atoms. The van der Waals surface area contributed by atoms with E-state index in [1.54, 1.807) is 0 Å². The molecule has 1 N–H and O–H groups in total. The van der Waals surface area contributed by atoms with Crippen molar-refractivity contribution in [2.45, 2.75) is 25.7 Å². The summed E-state index contributed by atoms with van der Waals surface area (Å²) < 4.78 is 24.6. The van der Waals surface area contributed by atoms with Gasteiger partial charge in [-0.25, -0.2) is 8.78 Å². The minimum absolute atomic E-state index is 0.238. The van der Waals surface area contributed by atoms with Crippen LogP contribution in [0.2, 0.25) is 0 Å². The zero-order valence-corrected chi connectivity index (χ0v) is 7.02. The molecule has 0 aromatic carbocycles. The average Bonchev–Trinajstić information content (AvgIpc) is 2.50. The number of nitrogens with one attached hydrogen (secondary N) is 1. The van der Waals surface area contributed by atoms with Crippen LogP contribution in [0.4, 0.5) is 8.78 Å². The third-order valence-corrected chi connectivity index (χ3v) is 2.48. The van der Waals surface area contributed by atoms with Crippen molar-refractivity contribution in [1.82, 2.24) is 5.32 Å². The number of hydrogen-bond donors (Lipinski definition) is 1.